The lowest BCUT2D eigenvalue weighted by Crippen LogP contribution is -2.28. The fourth-order valence-corrected chi connectivity index (χ4v) is 1.84. The van der Waals surface area contributed by atoms with Crippen LogP contribution < -0.4 is 5.73 Å². The quantitative estimate of drug-likeness (QED) is 0.805. The molecule has 3 heteroatoms. The summed E-state index contributed by atoms with van der Waals surface area (Å²) < 4.78 is 0. The molecule has 1 atom stereocenters. The Morgan fingerprint density at radius 1 is 1.54 bits per heavy atom. The molecule has 2 N–H and O–H groups in total. The standard InChI is InChI=1S/C10H18N2S/c1-4-10-12-8(6-13-10)5-9(11)7(2)3/h6-7,9H,4-5,11H2,1-3H3. The van der Waals surface area contributed by atoms with Crippen LogP contribution in [0.4, 0.5) is 0 Å². The zero-order valence-electron chi connectivity index (χ0n) is 8.58. The highest BCUT2D eigenvalue weighted by Gasteiger charge is 2.10. The van der Waals surface area contributed by atoms with Crippen LogP contribution in [0.15, 0.2) is 5.38 Å². The predicted octanol–water partition coefficient (Wildman–Crippen LogP) is 2.23. The third-order valence-corrected chi connectivity index (χ3v) is 3.24. The highest BCUT2D eigenvalue weighted by molar-refractivity contribution is 7.09. The molecule has 1 rings (SSSR count). The summed E-state index contributed by atoms with van der Waals surface area (Å²) in [5, 5.41) is 3.34. The van der Waals surface area contributed by atoms with E-state index in [0.29, 0.717) is 5.92 Å². The molecule has 0 fully saturated rings. The van der Waals surface area contributed by atoms with Gasteiger partial charge in [-0.3, -0.25) is 0 Å². The first-order chi connectivity index (χ1) is 6.13. The average Bonchev–Trinajstić information content (AvgIpc) is 2.52. The minimum Gasteiger partial charge on any atom is -0.327 e. The van der Waals surface area contributed by atoms with Gasteiger partial charge >= 0.3 is 0 Å². The van der Waals surface area contributed by atoms with Crippen LogP contribution in [-0.2, 0) is 12.8 Å². The van der Waals surface area contributed by atoms with Gasteiger partial charge in [0.1, 0.15) is 0 Å². The summed E-state index contributed by atoms with van der Waals surface area (Å²) in [5.41, 5.74) is 7.12. The number of thiazole rings is 1. The maximum absolute atomic E-state index is 5.96. The fourth-order valence-electron chi connectivity index (χ4n) is 1.08. The summed E-state index contributed by atoms with van der Waals surface area (Å²) in [7, 11) is 0. The third-order valence-electron chi connectivity index (χ3n) is 2.20. The largest absolute Gasteiger partial charge is 0.327 e. The third kappa shape index (κ3) is 3.08. The zero-order valence-corrected chi connectivity index (χ0v) is 9.40. The molecule has 13 heavy (non-hydrogen) atoms. The van der Waals surface area contributed by atoms with Crippen LogP contribution in [0.2, 0.25) is 0 Å². The van der Waals surface area contributed by atoms with E-state index in [1.54, 1.807) is 11.3 Å². The number of nitrogens with two attached hydrogens (primary N) is 1. The SMILES string of the molecule is CCc1nc(CC(N)C(C)C)cs1. The number of hydrogen-bond donors (Lipinski definition) is 1. The number of aromatic nitrogens is 1. The topological polar surface area (TPSA) is 38.9 Å². The van der Waals surface area contributed by atoms with Crippen LogP contribution >= 0.6 is 11.3 Å². The molecule has 1 heterocycles. The Balaban J connectivity index is 2.53. The van der Waals surface area contributed by atoms with Gasteiger partial charge in [0.2, 0.25) is 0 Å². The first-order valence-corrected chi connectivity index (χ1v) is 5.70. The average molecular weight is 198 g/mol. The van der Waals surface area contributed by atoms with E-state index in [1.165, 1.54) is 5.01 Å². The highest BCUT2D eigenvalue weighted by Crippen LogP contribution is 2.13. The smallest absolute Gasteiger partial charge is 0.0925 e. The predicted molar refractivity (Wildman–Crippen MR) is 58.0 cm³/mol. The van der Waals surface area contributed by atoms with Crippen LogP contribution in [0.5, 0.6) is 0 Å². The van der Waals surface area contributed by atoms with E-state index in [9.17, 15) is 0 Å². The fraction of sp³-hybridized carbons (Fsp3) is 0.700. The van der Waals surface area contributed by atoms with Gasteiger partial charge in [-0.1, -0.05) is 20.8 Å². The molecule has 0 radical (unpaired) electrons. The van der Waals surface area contributed by atoms with E-state index in [1.807, 2.05) is 0 Å². The second-order valence-corrected chi connectivity index (χ2v) is 4.64. The van der Waals surface area contributed by atoms with Gasteiger partial charge in [-0.15, -0.1) is 11.3 Å². The van der Waals surface area contributed by atoms with E-state index in [0.717, 1.165) is 18.5 Å². The van der Waals surface area contributed by atoms with Crippen molar-refractivity contribution in [3.05, 3.63) is 16.1 Å². The van der Waals surface area contributed by atoms with Crippen molar-refractivity contribution in [1.82, 2.24) is 4.98 Å². The minimum atomic E-state index is 0.242. The van der Waals surface area contributed by atoms with Crippen molar-refractivity contribution >= 4 is 11.3 Å². The minimum absolute atomic E-state index is 0.242. The molecular formula is C10H18N2S. The van der Waals surface area contributed by atoms with Gasteiger partial charge in [-0.25, -0.2) is 4.98 Å². The molecule has 0 spiro atoms. The lowest BCUT2D eigenvalue weighted by atomic mass is 10.0. The van der Waals surface area contributed by atoms with Crippen LogP contribution in [0, 0.1) is 5.92 Å². The van der Waals surface area contributed by atoms with Crippen molar-refractivity contribution in [2.75, 3.05) is 0 Å². The number of aryl methyl sites for hydroxylation is 1. The van der Waals surface area contributed by atoms with Crippen LogP contribution in [-0.4, -0.2) is 11.0 Å². The van der Waals surface area contributed by atoms with Gasteiger partial charge in [-0.05, 0) is 12.3 Å². The van der Waals surface area contributed by atoms with Crippen molar-refractivity contribution in [3.8, 4) is 0 Å². The molecule has 1 aromatic heterocycles. The van der Waals surface area contributed by atoms with Gasteiger partial charge in [0.05, 0.1) is 10.7 Å². The van der Waals surface area contributed by atoms with Crippen molar-refractivity contribution in [2.45, 2.75) is 39.7 Å². The van der Waals surface area contributed by atoms with Crippen molar-refractivity contribution in [1.29, 1.82) is 0 Å². The second-order valence-electron chi connectivity index (χ2n) is 3.70. The van der Waals surface area contributed by atoms with Crippen LogP contribution in [0.25, 0.3) is 0 Å². The Bertz CT molecular complexity index is 255. The number of rotatable bonds is 4. The van der Waals surface area contributed by atoms with E-state index in [2.05, 4.69) is 31.1 Å². The first kappa shape index (κ1) is 10.7. The Kier molecular flexibility index (Phi) is 3.88. The summed E-state index contributed by atoms with van der Waals surface area (Å²) in [6.45, 7) is 6.43. The molecule has 74 valence electrons. The van der Waals surface area contributed by atoms with E-state index in [4.69, 9.17) is 5.73 Å². The Hall–Kier alpha value is -0.410. The van der Waals surface area contributed by atoms with Crippen molar-refractivity contribution in [2.24, 2.45) is 11.7 Å². The van der Waals surface area contributed by atoms with Crippen LogP contribution in [0.3, 0.4) is 0 Å². The summed E-state index contributed by atoms with van der Waals surface area (Å²) >= 11 is 1.74. The summed E-state index contributed by atoms with van der Waals surface area (Å²) in [5.74, 6) is 0.534. The Labute approximate surface area is 84.2 Å². The van der Waals surface area contributed by atoms with E-state index in [-0.39, 0.29) is 6.04 Å². The molecule has 0 saturated carbocycles. The Morgan fingerprint density at radius 3 is 2.69 bits per heavy atom. The summed E-state index contributed by atoms with van der Waals surface area (Å²) in [4.78, 5) is 4.49. The maximum Gasteiger partial charge on any atom is 0.0925 e. The van der Waals surface area contributed by atoms with Gasteiger partial charge in [-0.2, -0.15) is 0 Å². The summed E-state index contributed by atoms with van der Waals surface area (Å²) in [6, 6.07) is 0.242. The highest BCUT2D eigenvalue weighted by atomic mass is 32.1. The maximum atomic E-state index is 5.96. The normalized spacial score (nSPS) is 13.6. The van der Waals surface area contributed by atoms with E-state index >= 15 is 0 Å². The molecule has 0 amide bonds. The number of hydrogen-bond acceptors (Lipinski definition) is 3. The first-order valence-electron chi connectivity index (χ1n) is 4.82. The number of nitrogens with zero attached hydrogens (tertiary/aromatic N) is 1. The molecule has 0 aliphatic heterocycles. The molecule has 0 aliphatic rings. The van der Waals surface area contributed by atoms with Gasteiger partial charge in [0.25, 0.3) is 0 Å². The molecule has 1 unspecified atom stereocenters. The molecule has 0 bridgehead atoms. The molecule has 2 nitrogen and oxygen atoms in total. The van der Waals surface area contributed by atoms with Gasteiger partial charge < -0.3 is 5.73 Å². The summed E-state index contributed by atoms with van der Waals surface area (Å²) in [6.07, 6.45) is 1.94. The van der Waals surface area contributed by atoms with Crippen molar-refractivity contribution < 1.29 is 0 Å². The van der Waals surface area contributed by atoms with Crippen molar-refractivity contribution in [3.63, 3.8) is 0 Å². The zero-order chi connectivity index (χ0) is 9.84. The molecule has 0 saturated heterocycles. The van der Waals surface area contributed by atoms with E-state index < -0.39 is 0 Å². The molecule has 1 aromatic rings. The molecule has 0 aromatic carbocycles. The van der Waals surface area contributed by atoms with Gasteiger partial charge in [0, 0.05) is 17.8 Å². The van der Waals surface area contributed by atoms with Crippen LogP contribution in [0.1, 0.15) is 31.5 Å². The molecular weight excluding hydrogens is 180 g/mol. The monoisotopic (exact) mass is 198 g/mol. The second kappa shape index (κ2) is 4.72. The Morgan fingerprint density at radius 2 is 2.23 bits per heavy atom. The van der Waals surface area contributed by atoms with Gasteiger partial charge in [0.15, 0.2) is 0 Å². The lowest BCUT2D eigenvalue weighted by Gasteiger charge is -2.13. The lowest BCUT2D eigenvalue weighted by molar-refractivity contribution is 0.487. The molecule has 0 aliphatic carbocycles.